The lowest BCUT2D eigenvalue weighted by Crippen LogP contribution is -2.59. The van der Waals surface area contributed by atoms with Crippen molar-refractivity contribution in [1.29, 1.82) is 0 Å². The Kier molecular flexibility index (Phi) is 6.37. The van der Waals surface area contributed by atoms with Gasteiger partial charge in [-0.15, -0.1) is 0 Å². The van der Waals surface area contributed by atoms with Gasteiger partial charge in [0.25, 0.3) is 0 Å². The van der Waals surface area contributed by atoms with E-state index in [0.717, 1.165) is 44.6 Å². The van der Waals surface area contributed by atoms with Crippen LogP contribution in [0.4, 0.5) is 10.6 Å². The first-order valence-corrected chi connectivity index (χ1v) is 13.6. The molecule has 2 unspecified atom stereocenters. The van der Waals surface area contributed by atoms with Gasteiger partial charge in [0, 0.05) is 72.0 Å². The molecule has 1 aliphatic rings. The first-order valence-electron chi connectivity index (χ1n) is 13.6. The predicted octanol–water partition coefficient (Wildman–Crippen LogP) is 5.84. The highest BCUT2D eigenvalue weighted by Crippen LogP contribution is 2.31. The number of aromatic nitrogens is 5. The van der Waals surface area contributed by atoms with Crippen molar-refractivity contribution in [2.24, 2.45) is 0 Å². The van der Waals surface area contributed by atoms with E-state index in [2.05, 4.69) is 41.0 Å². The van der Waals surface area contributed by atoms with Crippen molar-refractivity contribution in [2.75, 3.05) is 18.0 Å². The van der Waals surface area contributed by atoms with Crippen molar-refractivity contribution in [3.8, 4) is 22.3 Å². The number of benzene rings is 1. The third-order valence-corrected chi connectivity index (χ3v) is 7.21. The maximum absolute atomic E-state index is 12.6. The minimum atomic E-state index is -0.513. The molecule has 0 bridgehead atoms. The van der Waals surface area contributed by atoms with Gasteiger partial charge in [0.2, 0.25) is 0 Å². The summed E-state index contributed by atoms with van der Waals surface area (Å²) in [4.78, 5) is 30.8. The first-order chi connectivity index (χ1) is 19.2. The van der Waals surface area contributed by atoms with Crippen LogP contribution in [0.2, 0.25) is 0 Å². The number of carbonyl (C=O) groups is 1. The molecule has 4 aromatic heterocycles. The largest absolute Gasteiger partial charge is 0.444 e. The number of nitrogens with zero attached hydrogens (tertiary/aromatic N) is 7. The maximum Gasteiger partial charge on any atom is 0.410 e. The first kappa shape index (κ1) is 25.7. The van der Waals surface area contributed by atoms with Crippen LogP contribution >= 0.6 is 0 Å². The van der Waals surface area contributed by atoms with Crippen molar-refractivity contribution in [1.82, 2.24) is 29.5 Å². The Morgan fingerprint density at radius 3 is 2.35 bits per heavy atom. The molecule has 0 radical (unpaired) electrons. The van der Waals surface area contributed by atoms with Crippen LogP contribution in [-0.2, 0) is 4.74 Å². The number of para-hydroxylation sites is 1. The highest BCUT2D eigenvalue weighted by atomic mass is 16.6. The van der Waals surface area contributed by atoms with Crippen LogP contribution in [0.15, 0.2) is 73.4 Å². The number of pyridine rings is 2. The number of piperazine rings is 1. The Bertz CT molecular complexity index is 1670. The summed E-state index contributed by atoms with van der Waals surface area (Å²) in [7, 11) is 0. The molecule has 5 heterocycles. The van der Waals surface area contributed by atoms with Crippen molar-refractivity contribution < 1.29 is 9.53 Å². The van der Waals surface area contributed by atoms with Crippen molar-refractivity contribution in [2.45, 2.75) is 52.3 Å². The summed E-state index contributed by atoms with van der Waals surface area (Å²) < 4.78 is 7.41. The number of rotatable bonds is 3. The Hall–Kier alpha value is -4.53. The molecule has 0 spiro atoms. The molecule has 1 fully saturated rings. The number of ether oxygens (including phenoxy) is 1. The molecule has 9 nitrogen and oxygen atoms in total. The second-order valence-electron chi connectivity index (χ2n) is 11.4. The Morgan fingerprint density at radius 1 is 0.875 bits per heavy atom. The quantitative estimate of drug-likeness (QED) is 0.287. The van der Waals surface area contributed by atoms with E-state index in [9.17, 15) is 4.79 Å². The van der Waals surface area contributed by atoms with Gasteiger partial charge in [-0.25, -0.2) is 19.3 Å². The summed E-state index contributed by atoms with van der Waals surface area (Å²) in [6.07, 6.45) is 9.13. The van der Waals surface area contributed by atoms with Crippen LogP contribution in [-0.4, -0.2) is 66.3 Å². The molecule has 0 N–H and O–H groups in total. The molecule has 0 aliphatic carbocycles. The Morgan fingerprint density at radius 2 is 1.62 bits per heavy atom. The summed E-state index contributed by atoms with van der Waals surface area (Å²) in [5, 5.41) is 5.68. The summed E-state index contributed by atoms with van der Waals surface area (Å²) >= 11 is 0. The maximum atomic E-state index is 12.6. The van der Waals surface area contributed by atoms with E-state index in [1.54, 1.807) is 4.90 Å². The van der Waals surface area contributed by atoms with Crippen molar-refractivity contribution in [3.05, 3.63) is 73.4 Å². The number of hydrogen-bond donors (Lipinski definition) is 0. The van der Waals surface area contributed by atoms with Crippen LogP contribution in [0.25, 0.3) is 38.8 Å². The SMILES string of the molecule is CC1CN(C(=O)OC(C)(C)C)CC(C)N1c1ccc(-c2cnc3c(-c4ccnc5ccccc45)cnn3c2)cn1. The molecular weight excluding hydrogens is 502 g/mol. The smallest absolute Gasteiger partial charge is 0.410 e. The fourth-order valence-corrected chi connectivity index (χ4v) is 5.50. The molecule has 9 heteroatoms. The summed E-state index contributed by atoms with van der Waals surface area (Å²) in [5.41, 5.74) is 5.12. The van der Waals surface area contributed by atoms with Crippen LogP contribution < -0.4 is 4.90 Å². The van der Waals surface area contributed by atoms with E-state index in [-0.39, 0.29) is 18.2 Å². The number of fused-ring (bicyclic) bond motifs is 2. The van der Waals surface area contributed by atoms with Crippen LogP contribution in [0.3, 0.4) is 0 Å². The summed E-state index contributed by atoms with van der Waals surface area (Å²) in [5.74, 6) is 0.882. The van der Waals surface area contributed by atoms with Gasteiger partial charge in [0.05, 0.1) is 11.7 Å². The average Bonchev–Trinajstić information content (AvgIpc) is 3.35. The zero-order valence-electron chi connectivity index (χ0n) is 23.4. The third-order valence-electron chi connectivity index (χ3n) is 7.21. The second-order valence-corrected chi connectivity index (χ2v) is 11.4. The highest BCUT2D eigenvalue weighted by molar-refractivity contribution is 5.97. The van der Waals surface area contributed by atoms with Gasteiger partial charge in [-0.1, -0.05) is 18.2 Å². The fourth-order valence-electron chi connectivity index (χ4n) is 5.50. The summed E-state index contributed by atoms with van der Waals surface area (Å²) in [6.45, 7) is 11.1. The summed E-state index contributed by atoms with van der Waals surface area (Å²) in [6, 6.07) is 14.4. The van der Waals surface area contributed by atoms with E-state index in [1.807, 2.05) is 86.6 Å². The number of hydrogen-bond acceptors (Lipinski definition) is 7. The van der Waals surface area contributed by atoms with Gasteiger partial charge in [0.15, 0.2) is 5.65 Å². The zero-order valence-corrected chi connectivity index (χ0v) is 23.4. The molecule has 6 rings (SSSR count). The fraction of sp³-hybridized carbons (Fsp3) is 0.323. The van der Waals surface area contributed by atoms with E-state index in [1.165, 1.54) is 0 Å². The Labute approximate surface area is 233 Å². The topological polar surface area (TPSA) is 88.8 Å². The molecule has 0 saturated carbocycles. The molecule has 204 valence electrons. The minimum Gasteiger partial charge on any atom is -0.444 e. The Balaban J connectivity index is 1.22. The molecular formula is C31H33N7O2. The van der Waals surface area contributed by atoms with Gasteiger partial charge < -0.3 is 14.5 Å². The highest BCUT2D eigenvalue weighted by Gasteiger charge is 2.34. The molecule has 40 heavy (non-hydrogen) atoms. The zero-order chi connectivity index (χ0) is 28.0. The molecule has 1 aromatic carbocycles. The normalized spacial score (nSPS) is 17.9. The van der Waals surface area contributed by atoms with E-state index in [0.29, 0.717) is 13.1 Å². The van der Waals surface area contributed by atoms with Gasteiger partial charge in [-0.3, -0.25) is 4.98 Å². The molecule has 1 saturated heterocycles. The standard InChI is InChI=1S/C31H33N7O2/c1-20-17-36(30(39)40-31(3,4)5)18-21(2)38(20)28-11-10-22(14-33-28)23-15-34-29-26(16-35-37(29)19-23)24-12-13-32-27-9-7-6-8-25(24)27/h6-16,19-21H,17-18H2,1-5H3. The molecule has 1 aliphatic heterocycles. The van der Waals surface area contributed by atoms with Crippen molar-refractivity contribution >= 4 is 28.5 Å². The van der Waals surface area contributed by atoms with Crippen LogP contribution in [0, 0.1) is 0 Å². The monoisotopic (exact) mass is 535 g/mol. The van der Waals surface area contributed by atoms with Gasteiger partial charge in [-0.2, -0.15) is 5.10 Å². The number of carbonyl (C=O) groups excluding carboxylic acids is 1. The second kappa shape index (κ2) is 9.89. The van der Waals surface area contributed by atoms with E-state index < -0.39 is 5.60 Å². The van der Waals surface area contributed by atoms with Crippen LogP contribution in [0.5, 0.6) is 0 Å². The number of amides is 1. The number of anilines is 1. The lowest BCUT2D eigenvalue weighted by atomic mass is 10.0. The lowest BCUT2D eigenvalue weighted by Gasteiger charge is -2.45. The van der Waals surface area contributed by atoms with Crippen LogP contribution in [0.1, 0.15) is 34.6 Å². The van der Waals surface area contributed by atoms with E-state index >= 15 is 0 Å². The van der Waals surface area contributed by atoms with Gasteiger partial charge in [0.1, 0.15) is 11.4 Å². The molecule has 1 amide bonds. The molecule has 5 aromatic rings. The predicted molar refractivity (Wildman–Crippen MR) is 156 cm³/mol. The van der Waals surface area contributed by atoms with Crippen molar-refractivity contribution in [3.63, 3.8) is 0 Å². The van der Waals surface area contributed by atoms with E-state index in [4.69, 9.17) is 14.7 Å². The molecule has 2 atom stereocenters. The van der Waals surface area contributed by atoms with Gasteiger partial charge >= 0.3 is 6.09 Å². The lowest BCUT2D eigenvalue weighted by molar-refractivity contribution is 0.0192. The van der Waals surface area contributed by atoms with Gasteiger partial charge in [-0.05, 0) is 64.4 Å². The minimum absolute atomic E-state index is 0.0967. The third kappa shape index (κ3) is 4.83. The average molecular weight is 536 g/mol.